The van der Waals surface area contributed by atoms with Crippen LogP contribution in [0.4, 0.5) is 0 Å². The van der Waals surface area contributed by atoms with E-state index in [0.29, 0.717) is 6.54 Å². The van der Waals surface area contributed by atoms with E-state index in [4.69, 9.17) is 0 Å². The second-order valence-corrected chi connectivity index (χ2v) is 7.87. The number of hydrogen-bond donors (Lipinski definition) is 0. The summed E-state index contributed by atoms with van der Waals surface area (Å²) in [6.45, 7) is 10.1. The van der Waals surface area contributed by atoms with E-state index in [1.807, 2.05) is 25.2 Å². The van der Waals surface area contributed by atoms with Gasteiger partial charge in [-0.1, -0.05) is 30.3 Å². The van der Waals surface area contributed by atoms with E-state index in [0.717, 1.165) is 19.4 Å². The normalized spacial score (nSPS) is 20.2. The number of benzene rings is 1. The topological polar surface area (TPSA) is 23.6 Å². The molecule has 0 aromatic heterocycles. The van der Waals surface area contributed by atoms with Gasteiger partial charge in [0, 0.05) is 17.6 Å². The Kier molecular flexibility index (Phi) is 4.96. The predicted octanol–water partition coefficient (Wildman–Crippen LogP) is 3.69. The first-order valence-corrected chi connectivity index (χ1v) is 8.28. The Morgan fingerprint density at radius 2 is 1.64 bits per heavy atom. The molecule has 0 unspecified atom stereocenters. The van der Waals surface area contributed by atoms with Crippen LogP contribution in [0, 0.1) is 0 Å². The fraction of sp³-hybridized carbons (Fsp3) is 0.632. The Hall–Kier alpha value is -1.35. The fourth-order valence-electron chi connectivity index (χ4n) is 3.92. The van der Waals surface area contributed by atoms with Crippen molar-refractivity contribution in [3.8, 4) is 0 Å². The van der Waals surface area contributed by atoms with Crippen LogP contribution in [-0.2, 0) is 11.3 Å². The average molecular weight is 302 g/mol. The molecule has 2 rings (SSSR count). The summed E-state index contributed by atoms with van der Waals surface area (Å²) in [5.74, 6) is 0.244. The molecule has 1 aliphatic rings. The lowest BCUT2D eigenvalue weighted by Crippen LogP contribution is -2.62. The van der Waals surface area contributed by atoms with Gasteiger partial charge in [-0.25, -0.2) is 0 Å². The molecule has 1 aliphatic heterocycles. The van der Waals surface area contributed by atoms with Crippen molar-refractivity contribution < 1.29 is 4.79 Å². The average Bonchev–Trinajstić information content (AvgIpc) is 2.36. The minimum absolute atomic E-state index is 0.0492. The molecule has 0 aliphatic carbocycles. The molecule has 1 saturated heterocycles. The van der Waals surface area contributed by atoms with Crippen molar-refractivity contribution in [1.82, 2.24) is 9.80 Å². The van der Waals surface area contributed by atoms with Crippen molar-refractivity contribution in [3.63, 3.8) is 0 Å². The molecule has 1 fully saturated rings. The minimum atomic E-state index is -0.0492. The van der Waals surface area contributed by atoms with Crippen molar-refractivity contribution >= 4 is 5.91 Å². The van der Waals surface area contributed by atoms with Crippen molar-refractivity contribution in [2.75, 3.05) is 13.6 Å². The third kappa shape index (κ3) is 3.89. The SMILES string of the molecule is CN(CC(=O)N1C(C)(C)CCCC1(C)C)Cc1ccccc1. The highest BCUT2D eigenvalue weighted by Crippen LogP contribution is 2.38. The number of hydrogen-bond acceptors (Lipinski definition) is 2. The number of carbonyl (C=O) groups is 1. The highest BCUT2D eigenvalue weighted by molar-refractivity contribution is 5.80. The molecular weight excluding hydrogens is 272 g/mol. The van der Waals surface area contributed by atoms with Crippen LogP contribution in [0.3, 0.4) is 0 Å². The molecule has 0 spiro atoms. The first kappa shape index (κ1) is 17.0. The first-order valence-electron chi connectivity index (χ1n) is 8.28. The Bertz CT molecular complexity index is 491. The molecule has 1 aromatic carbocycles. The van der Waals surface area contributed by atoms with E-state index < -0.39 is 0 Å². The van der Waals surface area contributed by atoms with Crippen LogP contribution in [0.15, 0.2) is 30.3 Å². The maximum atomic E-state index is 12.9. The van der Waals surface area contributed by atoms with Gasteiger partial charge in [0.25, 0.3) is 0 Å². The van der Waals surface area contributed by atoms with Crippen molar-refractivity contribution in [2.45, 2.75) is 64.6 Å². The minimum Gasteiger partial charge on any atom is -0.331 e. The van der Waals surface area contributed by atoms with Crippen LogP contribution in [-0.4, -0.2) is 40.4 Å². The second kappa shape index (κ2) is 6.41. The maximum absolute atomic E-state index is 12.9. The lowest BCUT2D eigenvalue weighted by Gasteiger charge is -2.53. The van der Waals surface area contributed by atoms with Gasteiger partial charge in [-0.05, 0) is 59.6 Å². The number of nitrogens with zero attached hydrogens (tertiary/aromatic N) is 2. The van der Waals surface area contributed by atoms with Gasteiger partial charge in [-0.3, -0.25) is 9.69 Å². The van der Waals surface area contributed by atoms with Gasteiger partial charge in [-0.2, -0.15) is 0 Å². The molecule has 1 amide bonds. The monoisotopic (exact) mass is 302 g/mol. The molecule has 0 radical (unpaired) electrons. The smallest absolute Gasteiger partial charge is 0.237 e. The molecule has 0 bridgehead atoms. The summed E-state index contributed by atoms with van der Waals surface area (Å²) in [6.07, 6.45) is 3.37. The summed E-state index contributed by atoms with van der Waals surface area (Å²) in [7, 11) is 2.02. The highest BCUT2D eigenvalue weighted by Gasteiger charge is 2.43. The molecule has 3 nitrogen and oxygen atoms in total. The Labute approximate surface area is 135 Å². The number of likely N-dealkylation sites (tertiary alicyclic amines) is 1. The van der Waals surface area contributed by atoms with Crippen LogP contribution in [0.25, 0.3) is 0 Å². The van der Waals surface area contributed by atoms with E-state index in [1.54, 1.807) is 0 Å². The molecule has 1 heterocycles. The standard InChI is InChI=1S/C19H30N2O/c1-18(2)12-9-13-19(3,4)21(18)17(22)15-20(5)14-16-10-7-6-8-11-16/h6-8,10-11H,9,12-15H2,1-5H3. The number of likely N-dealkylation sites (N-methyl/N-ethyl adjacent to an activating group) is 1. The zero-order chi connectivity index (χ0) is 16.4. The molecule has 0 N–H and O–H groups in total. The van der Waals surface area contributed by atoms with Crippen LogP contribution < -0.4 is 0 Å². The van der Waals surface area contributed by atoms with Gasteiger partial charge in [-0.15, -0.1) is 0 Å². The number of amides is 1. The van der Waals surface area contributed by atoms with Gasteiger partial charge in [0.15, 0.2) is 0 Å². The molecule has 0 saturated carbocycles. The Morgan fingerprint density at radius 1 is 1.09 bits per heavy atom. The van der Waals surface area contributed by atoms with E-state index in [-0.39, 0.29) is 17.0 Å². The first-order chi connectivity index (χ1) is 10.2. The van der Waals surface area contributed by atoms with Crippen molar-refractivity contribution in [3.05, 3.63) is 35.9 Å². The molecule has 22 heavy (non-hydrogen) atoms. The molecular formula is C19H30N2O. The second-order valence-electron chi connectivity index (χ2n) is 7.87. The van der Waals surface area contributed by atoms with Gasteiger partial charge < -0.3 is 4.90 Å². The summed E-state index contributed by atoms with van der Waals surface area (Å²) in [6, 6.07) is 10.3. The largest absolute Gasteiger partial charge is 0.331 e. The molecule has 1 aromatic rings. The quantitative estimate of drug-likeness (QED) is 0.847. The molecule has 3 heteroatoms. The summed E-state index contributed by atoms with van der Waals surface area (Å²) >= 11 is 0. The number of rotatable bonds is 4. The zero-order valence-electron chi connectivity index (χ0n) is 14.7. The predicted molar refractivity (Wildman–Crippen MR) is 91.6 cm³/mol. The third-order valence-corrected chi connectivity index (χ3v) is 4.74. The van der Waals surface area contributed by atoms with E-state index in [9.17, 15) is 4.79 Å². The number of carbonyl (C=O) groups excluding carboxylic acids is 1. The van der Waals surface area contributed by atoms with Crippen LogP contribution in [0.1, 0.15) is 52.5 Å². The van der Waals surface area contributed by atoms with Gasteiger partial charge >= 0.3 is 0 Å². The lowest BCUT2D eigenvalue weighted by atomic mass is 9.79. The van der Waals surface area contributed by atoms with Gasteiger partial charge in [0.2, 0.25) is 5.91 Å². The van der Waals surface area contributed by atoms with Crippen LogP contribution >= 0.6 is 0 Å². The number of piperidine rings is 1. The fourth-order valence-corrected chi connectivity index (χ4v) is 3.92. The lowest BCUT2D eigenvalue weighted by molar-refractivity contribution is -0.149. The highest BCUT2D eigenvalue weighted by atomic mass is 16.2. The van der Waals surface area contributed by atoms with E-state index in [2.05, 4.69) is 49.6 Å². The third-order valence-electron chi connectivity index (χ3n) is 4.74. The summed E-state index contributed by atoms with van der Waals surface area (Å²) < 4.78 is 0. The summed E-state index contributed by atoms with van der Waals surface area (Å²) in [5.41, 5.74) is 1.15. The van der Waals surface area contributed by atoms with E-state index >= 15 is 0 Å². The molecule has 0 atom stereocenters. The molecule has 122 valence electrons. The summed E-state index contributed by atoms with van der Waals surface area (Å²) in [5, 5.41) is 0. The summed E-state index contributed by atoms with van der Waals surface area (Å²) in [4.78, 5) is 17.2. The van der Waals surface area contributed by atoms with E-state index in [1.165, 1.54) is 12.0 Å². The van der Waals surface area contributed by atoms with Gasteiger partial charge in [0.05, 0.1) is 6.54 Å². The Balaban J connectivity index is 2.03. The van der Waals surface area contributed by atoms with Crippen molar-refractivity contribution in [2.24, 2.45) is 0 Å². The zero-order valence-corrected chi connectivity index (χ0v) is 14.7. The Morgan fingerprint density at radius 3 is 2.18 bits per heavy atom. The maximum Gasteiger partial charge on any atom is 0.237 e. The van der Waals surface area contributed by atoms with Crippen LogP contribution in [0.5, 0.6) is 0 Å². The van der Waals surface area contributed by atoms with Crippen LogP contribution in [0.2, 0.25) is 0 Å². The van der Waals surface area contributed by atoms with Crippen molar-refractivity contribution in [1.29, 1.82) is 0 Å². The van der Waals surface area contributed by atoms with Gasteiger partial charge in [0.1, 0.15) is 0 Å².